The van der Waals surface area contributed by atoms with Gasteiger partial charge in [-0.2, -0.15) is 0 Å². The van der Waals surface area contributed by atoms with Crippen LogP contribution in [0.4, 0.5) is 0 Å². The number of aliphatic hydroxyl groups is 1. The summed E-state index contributed by atoms with van der Waals surface area (Å²) < 4.78 is 34.7. The van der Waals surface area contributed by atoms with Gasteiger partial charge in [-0.1, -0.05) is 31.3 Å². The largest absolute Gasteiger partial charge is 0.493 e. The first kappa shape index (κ1) is 47.0. The van der Waals surface area contributed by atoms with Gasteiger partial charge in [-0.15, -0.1) is 0 Å². The highest BCUT2D eigenvalue weighted by Crippen LogP contribution is 2.65. The van der Waals surface area contributed by atoms with Crippen molar-refractivity contribution in [1.82, 2.24) is 31.0 Å². The van der Waals surface area contributed by atoms with E-state index in [1.165, 1.54) is 0 Å². The van der Waals surface area contributed by atoms with Gasteiger partial charge in [0.25, 0.3) is 0 Å². The van der Waals surface area contributed by atoms with E-state index in [4.69, 9.17) is 34.2 Å². The van der Waals surface area contributed by atoms with Crippen molar-refractivity contribution in [1.29, 1.82) is 0 Å². The molecule has 0 aromatic heterocycles. The van der Waals surface area contributed by atoms with Crippen LogP contribution < -0.4 is 41.3 Å². The third kappa shape index (κ3) is 11.1. The third-order valence-electron chi connectivity index (χ3n) is 11.6. The summed E-state index contributed by atoms with van der Waals surface area (Å²) in [5.74, 6) is -0.886. The first-order chi connectivity index (χ1) is 28.5. The minimum Gasteiger partial charge on any atom is -0.493 e. The molecule has 5 rings (SSSR count). The van der Waals surface area contributed by atoms with Crippen molar-refractivity contribution < 1.29 is 52.7 Å². The van der Waals surface area contributed by atoms with Crippen LogP contribution in [0.5, 0.6) is 11.5 Å². The van der Waals surface area contributed by atoms with Gasteiger partial charge in [0.2, 0.25) is 17.7 Å². The number of carbonyl (C=O) groups is 4. The van der Waals surface area contributed by atoms with Crippen LogP contribution in [0.2, 0.25) is 0 Å². The molecule has 8 atom stereocenters. The average molecular weight is 868 g/mol. The Balaban J connectivity index is 1.23. The molecule has 0 saturated carbocycles. The predicted molar refractivity (Wildman–Crippen MR) is 224 cm³/mol. The molecule has 1 spiro atoms. The van der Waals surface area contributed by atoms with Gasteiger partial charge in [0.05, 0.1) is 70.4 Å². The fraction of sp³-hybridized carbons (Fsp3) is 0.692. The van der Waals surface area contributed by atoms with Gasteiger partial charge in [0, 0.05) is 37.5 Å². The fourth-order valence-corrected chi connectivity index (χ4v) is 9.20. The van der Waals surface area contributed by atoms with E-state index in [2.05, 4.69) is 49.8 Å². The zero-order valence-electron chi connectivity index (χ0n) is 34.2. The number of rotatable bonds is 27. The Kier molecular flexibility index (Phi) is 18.1. The number of likely N-dealkylation sites (N-methyl/N-ethyl adjacent to an activating group) is 1. The minimum atomic E-state index is -1.26. The number of hydrogen-bond donors (Lipinski definition) is 7. The Bertz CT molecular complexity index is 1640. The summed E-state index contributed by atoms with van der Waals surface area (Å²) in [7, 11) is 8.35. The number of unbranched alkanes of at least 4 members (excludes halogenated alkanes) is 1. The van der Waals surface area contributed by atoms with E-state index in [1.807, 2.05) is 19.2 Å². The fourth-order valence-electron chi connectivity index (χ4n) is 8.68. The summed E-state index contributed by atoms with van der Waals surface area (Å²) in [4.78, 5) is 55.4. The van der Waals surface area contributed by atoms with Crippen molar-refractivity contribution in [2.24, 2.45) is 5.73 Å². The molecule has 1 aromatic carbocycles. The van der Waals surface area contributed by atoms with E-state index in [0.717, 1.165) is 30.5 Å². The molecule has 2 aliphatic heterocycles. The summed E-state index contributed by atoms with van der Waals surface area (Å²) in [6.07, 6.45) is 4.24. The number of carbonyl (C=O) groups excluding carboxylic acids is 4. The number of ether oxygens (including phenoxy) is 6. The molecular formula is C39H63N7O11P2. The Morgan fingerprint density at radius 2 is 1.73 bits per heavy atom. The maximum Gasteiger partial charge on any atom is 0.333 e. The van der Waals surface area contributed by atoms with Gasteiger partial charge in [0.1, 0.15) is 11.8 Å². The summed E-state index contributed by atoms with van der Waals surface area (Å²) >= 11 is 0. The molecule has 330 valence electrons. The maximum absolute atomic E-state index is 14.1. The van der Waals surface area contributed by atoms with Crippen molar-refractivity contribution in [3.63, 3.8) is 0 Å². The summed E-state index contributed by atoms with van der Waals surface area (Å²) in [6.45, 7) is 4.06. The van der Waals surface area contributed by atoms with Crippen molar-refractivity contribution >= 4 is 42.5 Å². The summed E-state index contributed by atoms with van der Waals surface area (Å²) in [5.41, 5.74) is 5.21. The van der Waals surface area contributed by atoms with E-state index in [9.17, 15) is 24.3 Å². The lowest BCUT2D eigenvalue weighted by atomic mass is 9.50. The van der Waals surface area contributed by atoms with Crippen molar-refractivity contribution in [3.05, 3.63) is 35.1 Å². The third-order valence-corrected chi connectivity index (χ3v) is 12.3. The van der Waals surface area contributed by atoms with Crippen LogP contribution in [-0.2, 0) is 50.0 Å². The molecule has 4 aliphatic rings. The number of piperidine rings is 1. The smallest absolute Gasteiger partial charge is 0.333 e. The van der Waals surface area contributed by atoms with Crippen molar-refractivity contribution in [2.75, 3.05) is 86.5 Å². The highest BCUT2D eigenvalue weighted by Gasteiger charge is 2.72. The normalized spacial score (nSPS) is 23.6. The molecule has 20 heteroatoms. The highest BCUT2D eigenvalue weighted by molar-refractivity contribution is 7.13. The number of benzene rings is 1. The molecular weight excluding hydrogens is 804 g/mol. The molecule has 0 radical (unpaired) electrons. The van der Waals surface area contributed by atoms with Crippen LogP contribution in [0.3, 0.4) is 0 Å². The Labute approximate surface area is 351 Å². The number of nitrogens with one attached hydrogen (secondary N) is 5. The standard InChI is InChI=1S/C39H63N7O11P2/c1-46-16-12-38-33-25-6-8-28(52-2)34(33)57-35(38)29(10-11-39(38,51)30(46)23-25)56-37(50)27(44-32(48)24-42-36(49)26(45-59)5-3-4-14-43-58)7-9-31(47)41-15-18-54-20-22-55-21-19-53-17-13-40/h6,8,10,26-27,30,35,43,45,51H,3-5,7,9,11-24,40,58-59H2,1-2H3,(H,41,47)(H,42,49)(H,44,48)/t26-,27?,30+,35-,38-,39+/m1/s1. The van der Waals surface area contributed by atoms with Crippen LogP contribution >= 0.6 is 18.8 Å². The lowest BCUT2D eigenvalue weighted by molar-refractivity contribution is -0.170. The summed E-state index contributed by atoms with van der Waals surface area (Å²) in [6, 6.07) is 1.89. The highest BCUT2D eigenvalue weighted by atomic mass is 31.0. The minimum absolute atomic E-state index is 0.0935. The van der Waals surface area contributed by atoms with E-state index in [0.29, 0.717) is 76.9 Å². The molecule has 2 bridgehead atoms. The molecule has 2 heterocycles. The van der Waals surface area contributed by atoms with Crippen molar-refractivity contribution in [3.8, 4) is 11.5 Å². The lowest BCUT2D eigenvalue weighted by Gasteiger charge is -2.61. The van der Waals surface area contributed by atoms with Gasteiger partial charge in [-0.25, -0.2) is 4.79 Å². The molecule has 59 heavy (non-hydrogen) atoms. The zero-order chi connectivity index (χ0) is 42.4. The lowest BCUT2D eigenvalue weighted by Crippen LogP contribution is -2.74. The Hall–Kier alpha value is -3.02. The molecule has 3 unspecified atom stereocenters. The van der Waals surface area contributed by atoms with Crippen LogP contribution in [-0.4, -0.2) is 150 Å². The molecule has 1 fully saturated rings. The number of hydrogen-bond acceptors (Lipinski definition) is 15. The number of nitrogens with zero attached hydrogens (tertiary/aromatic N) is 1. The number of amides is 3. The predicted octanol–water partition coefficient (Wildman–Crippen LogP) is -0.680. The topological polar surface area (TPSA) is 233 Å². The van der Waals surface area contributed by atoms with E-state index in [1.54, 1.807) is 13.2 Å². The number of likely N-dealkylation sites (tertiary alicyclic amines) is 1. The summed E-state index contributed by atoms with van der Waals surface area (Å²) in [5, 5.41) is 26.6. The molecule has 1 aromatic rings. The van der Waals surface area contributed by atoms with Gasteiger partial charge < -0.3 is 65.2 Å². The molecule has 3 amide bonds. The quantitative estimate of drug-likeness (QED) is 0.0330. The molecule has 1 saturated heterocycles. The van der Waals surface area contributed by atoms with Crippen LogP contribution in [0.15, 0.2) is 24.0 Å². The van der Waals surface area contributed by atoms with Crippen LogP contribution in [0, 0.1) is 0 Å². The monoisotopic (exact) mass is 867 g/mol. The first-order valence-corrected chi connectivity index (χ1v) is 21.6. The van der Waals surface area contributed by atoms with Crippen LogP contribution in [0.1, 0.15) is 56.1 Å². The van der Waals surface area contributed by atoms with Crippen LogP contribution in [0.25, 0.3) is 0 Å². The van der Waals surface area contributed by atoms with Gasteiger partial charge in [-0.05, 0) is 69.9 Å². The molecule has 2 aliphatic carbocycles. The molecule has 18 nitrogen and oxygen atoms in total. The number of methoxy groups -OCH3 is 1. The van der Waals surface area contributed by atoms with Gasteiger partial charge in [-0.3, -0.25) is 19.5 Å². The Morgan fingerprint density at radius 1 is 0.983 bits per heavy atom. The van der Waals surface area contributed by atoms with Gasteiger partial charge >= 0.3 is 5.97 Å². The van der Waals surface area contributed by atoms with E-state index >= 15 is 0 Å². The second-order valence-corrected chi connectivity index (χ2v) is 16.0. The van der Waals surface area contributed by atoms with E-state index in [-0.39, 0.29) is 56.0 Å². The number of esters is 1. The van der Waals surface area contributed by atoms with Gasteiger partial charge in [0.15, 0.2) is 17.6 Å². The maximum atomic E-state index is 14.1. The second-order valence-electron chi connectivity index (χ2n) is 15.2. The zero-order valence-corrected chi connectivity index (χ0v) is 36.5. The number of nitrogens with two attached hydrogens (primary N) is 1. The SMILES string of the molecule is COc1ccc2c3c1O[C@@H]1C(OC(=O)C(CCC(=O)NCCOCCOCCOCCN)NC(=O)CNC(=O)[C@@H](CCCCNP)NP)=CC[C@]4(O)[C@H](C2)N(C)CC[C@@]314. The second kappa shape index (κ2) is 22.7. The Morgan fingerprint density at radius 3 is 2.44 bits per heavy atom. The average Bonchev–Trinajstić information content (AvgIpc) is 3.59. The van der Waals surface area contributed by atoms with Crippen molar-refractivity contribution in [2.45, 2.75) is 86.6 Å². The molecule has 8 N–H and O–H groups in total. The first-order valence-electron chi connectivity index (χ1n) is 20.4. The van der Waals surface area contributed by atoms with E-state index < -0.39 is 47.6 Å².